The minimum absolute atomic E-state index is 0.156. The maximum atomic E-state index is 13.4. The van der Waals surface area contributed by atoms with Crippen LogP contribution in [0.3, 0.4) is 0 Å². The van der Waals surface area contributed by atoms with Crippen molar-refractivity contribution < 1.29 is 14.3 Å². The van der Waals surface area contributed by atoms with Gasteiger partial charge in [-0.25, -0.2) is 0 Å². The highest BCUT2D eigenvalue weighted by Crippen LogP contribution is 2.27. The molecule has 2 N–H and O–H groups in total. The predicted octanol–water partition coefficient (Wildman–Crippen LogP) is 5.69. The van der Waals surface area contributed by atoms with Crippen molar-refractivity contribution in [2.24, 2.45) is 0 Å². The molecule has 7 heteroatoms. The number of nitrogens with zero attached hydrogens (tertiary/aromatic N) is 2. The second kappa shape index (κ2) is 14.4. The Hall–Kier alpha value is -4.46. The van der Waals surface area contributed by atoms with Crippen molar-refractivity contribution >= 4 is 23.2 Å². The lowest BCUT2D eigenvalue weighted by Gasteiger charge is -2.37. The maximum absolute atomic E-state index is 13.4. The number of hydrogen-bond acceptors (Lipinski definition) is 5. The molecule has 1 aliphatic heterocycles. The van der Waals surface area contributed by atoms with E-state index in [0.717, 1.165) is 56.0 Å². The summed E-state index contributed by atoms with van der Waals surface area (Å²) in [5, 5.41) is 6.01. The van der Waals surface area contributed by atoms with Crippen LogP contribution in [0.25, 0.3) is 11.1 Å². The van der Waals surface area contributed by atoms with E-state index >= 15 is 0 Å². The number of benzene rings is 4. The number of piperazine rings is 1. The lowest BCUT2D eigenvalue weighted by atomic mass is 10.0. The summed E-state index contributed by atoms with van der Waals surface area (Å²) in [4.78, 5) is 31.2. The van der Waals surface area contributed by atoms with Crippen LogP contribution in [-0.2, 0) is 11.3 Å². The number of rotatable bonds is 11. The fourth-order valence-electron chi connectivity index (χ4n) is 5.22. The Kier molecular flexibility index (Phi) is 9.98. The van der Waals surface area contributed by atoms with E-state index in [1.54, 1.807) is 13.2 Å². The fourth-order valence-corrected chi connectivity index (χ4v) is 5.22. The highest BCUT2D eigenvalue weighted by molar-refractivity contribution is 6.06. The van der Waals surface area contributed by atoms with E-state index in [1.807, 2.05) is 72.8 Å². The molecule has 1 aliphatic rings. The average Bonchev–Trinajstić information content (AvgIpc) is 3.04. The van der Waals surface area contributed by atoms with E-state index in [1.165, 1.54) is 5.56 Å². The number of hydrogen-bond donors (Lipinski definition) is 2. The topological polar surface area (TPSA) is 73.9 Å². The molecule has 0 spiro atoms. The van der Waals surface area contributed by atoms with E-state index in [9.17, 15) is 9.59 Å². The van der Waals surface area contributed by atoms with E-state index < -0.39 is 0 Å². The molecule has 0 atom stereocenters. The Morgan fingerprint density at radius 2 is 1.43 bits per heavy atom. The minimum atomic E-state index is -0.219. The van der Waals surface area contributed by atoms with Gasteiger partial charge in [-0.05, 0) is 53.4 Å². The van der Waals surface area contributed by atoms with E-state index in [2.05, 4.69) is 44.7 Å². The summed E-state index contributed by atoms with van der Waals surface area (Å²) >= 11 is 0. The third-order valence-corrected chi connectivity index (χ3v) is 7.53. The smallest absolute Gasteiger partial charge is 0.255 e. The normalized spacial score (nSPS) is 13.5. The third kappa shape index (κ3) is 7.63. The first-order valence-electron chi connectivity index (χ1n) is 14.5. The van der Waals surface area contributed by atoms with Gasteiger partial charge in [-0.3, -0.25) is 14.5 Å². The Balaban J connectivity index is 1.28. The molecule has 4 aromatic rings. The van der Waals surface area contributed by atoms with Gasteiger partial charge >= 0.3 is 0 Å². The van der Waals surface area contributed by atoms with Crippen molar-refractivity contribution in [3.8, 4) is 11.1 Å². The molecule has 0 unspecified atom stereocenters. The SMILES string of the molecule is COCCCNC(=O)c1cc(NC(=O)c2ccc(-c3ccccc3)cc2)ccc1N1CCN(Cc2ccccc2)CC1. The van der Waals surface area contributed by atoms with Gasteiger partial charge in [-0.1, -0.05) is 72.8 Å². The molecule has 1 saturated heterocycles. The monoisotopic (exact) mass is 562 g/mol. The molecule has 216 valence electrons. The zero-order valence-corrected chi connectivity index (χ0v) is 24.1. The molecule has 2 amide bonds. The number of amides is 2. The summed E-state index contributed by atoms with van der Waals surface area (Å²) in [7, 11) is 1.65. The van der Waals surface area contributed by atoms with Gasteiger partial charge in [0.2, 0.25) is 0 Å². The van der Waals surface area contributed by atoms with E-state index in [-0.39, 0.29) is 11.8 Å². The molecule has 7 nitrogen and oxygen atoms in total. The molecular formula is C35H38N4O3. The second-order valence-corrected chi connectivity index (χ2v) is 10.5. The largest absolute Gasteiger partial charge is 0.385 e. The van der Waals surface area contributed by atoms with Crippen LogP contribution in [0.4, 0.5) is 11.4 Å². The predicted molar refractivity (Wildman–Crippen MR) is 169 cm³/mol. The molecule has 0 saturated carbocycles. The Morgan fingerprint density at radius 1 is 0.762 bits per heavy atom. The highest BCUT2D eigenvalue weighted by Gasteiger charge is 2.22. The second-order valence-electron chi connectivity index (χ2n) is 10.5. The van der Waals surface area contributed by atoms with Crippen molar-refractivity contribution in [2.45, 2.75) is 13.0 Å². The van der Waals surface area contributed by atoms with Crippen molar-refractivity contribution in [1.29, 1.82) is 0 Å². The van der Waals surface area contributed by atoms with Gasteiger partial charge in [0.15, 0.2) is 0 Å². The molecule has 1 heterocycles. The van der Waals surface area contributed by atoms with Crippen LogP contribution in [0.15, 0.2) is 103 Å². The number of carbonyl (C=O) groups is 2. The molecule has 0 bridgehead atoms. The van der Waals surface area contributed by atoms with Crippen LogP contribution in [0.5, 0.6) is 0 Å². The summed E-state index contributed by atoms with van der Waals surface area (Å²) < 4.78 is 5.13. The van der Waals surface area contributed by atoms with Crippen molar-refractivity contribution in [1.82, 2.24) is 10.2 Å². The van der Waals surface area contributed by atoms with Crippen LogP contribution in [0.1, 0.15) is 32.7 Å². The Bertz CT molecular complexity index is 1450. The average molecular weight is 563 g/mol. The van der Waals surface area contributed by atoms with Crippen molar-refractivity contribution in [2.75, 3.05) is 56.7 Å². The first-order valence-corrected chi connectivity index (χ1v) is 14.5. The maximum Gasteiger partial charge on any atom is 0.255 e. The van der Waals surface area contributed by atoms with E-state index in [0.29, 0.717) is 30.0 Å². The number of ether oxygens (including phenoxy) is 1. The summed E-state index contributed by atoms with van der Waals surface area (Å²) in [6.45, 7) is 5.45. The molecule has 0 aromatic heterocycles. The summed E-state index contributed by atoms with van der Waals surface area (Å²) in [6.07, 6.45) is 0.727. The van der Waals surface area contributed by atoms with Crippen LogP contribution in [0, 0.1) is 0 Å². The van der Waals surface area contributed by atoms with Crippen LogP contribution in [0.2, 0.25) is 0 Å². The first kappa shape index (κ1) is 29.0. The molecule has 0 aliphatic carbocycles. The fraction of sp³-hybridized carbons (Fsp3) is 0.257. The van der Waals surface area contributed by atoms with Gasteiger partial charge in [-0.2, -0.15) is 0 Å². The van der Waals surface area contributed by atoms with Gasteiger partial charge in [0.05, 0.1) is 5.56 Å². The molecule has 1 fully saturated rings. The zero-order valence-electron chi connectivity index (χ0n) is 24.1. The van der Waals surface area contributed by atoms with Crippen molar-refractivity contribution in [3.05, 3.63) is 120 Å². The van der Waals surface area contributed by atoms with Gasteiger partial charge < -0.3 is 20.3 Å². The lowest BCUT2D eigenvalue weighted by molar-refractivity contribution is 0.0947. The zero-order chi connectivity index (χ0) is 29.1. The standard InChI is InChI=1S/C35H38N4O3/c1-42-24-8-19-36-35(41)32-25-31(37-34(40)30-15-13-29(14-16-30)28-11-6-3-7-12-28)17-18-33(32)39-22-20-38(21-23-39)26-27-9-4-2-5-10-27/h2-7,9-18,25H,8,19-24,26H2,1H3,(H,36,41)(H,37,40). The van der Waals surface area contributed by atoms with Gasteiger partial charge in [0.25, 0.3) is 11.8 Å². The molecule has 42 heavy (non-hydrogen) atoms. The summed E-state index contributed by atoms with van der Waals surface area (Å²) in [6, 6.07) is 33.7. The molecular weight excluding hydrogens is 524 g/mol. The summed E-state index contributed by atoms with van der Waals surface area (Å²) in [5.41, 5.74) is 6.02. The van der Waals surface area contributed by atoms with Gasteiger partial charge in [0, 0.05) is 69.9 Å². The third-order valence-electron chi connectivity index (χ3n) is 7.53. The van der Waals surface area contributed by atoms with Crippen molar-refractivity contribution in [3.63, 3.8) is 0 Å². The molecule has 0 radical (unpaired) electrons. The van der Waals surface area contributed by atoms with Gasteiger partial charge in [0.1, 0.15) is 0 Å². The minimum Gasteiger partial charge on any atom is -0.385 e. The number of nitrogens with one attached hydrogen (secondary N) is 2. The summed E-state index contributed by atoms with van der Waals surface area (Å²) in [5.74, 6) is -0.375. The quantitative estimate of drug-likeness (QED) is 0.230. The first-order chi connectivity index (χ1) is 20.6. The number of carbonyl (C=O) groups excluding carboxylic acids is 2. The van der Waals surface area contributed by atoms with Crippen LogP contribution in [-0.4, -0.2) is 63.2 Å². The van der Waals surface area contributed by atoms with Crippen LogP contribution >= 0.6 is 0 Å². The Labute approximate surface area is 248 Å². The van der Waals surface area contributed by atoms with E-state index in [4.69, 9.17) is 4.74 Å². The van der Waals surface area contributed by atoms with Gasteiger partial charge in [-0.15, -0.1) is 0 Å². The number of methoxy groups -OCH3 is 1. The molecule has 4 aromatic carbocycles. The Morgan fingerprint density at radius 3 is 2.12 bits per heavy atom. The lowest BCUT2D eigenvalue weighted by Crippen LogP contribution is -2.46. The molecule has 5 rings (SSSR count). The van der Waals surface area contributed by atoms with Crippen LogP contribution < -0.4 is 15.5 Å². The highest BCUT2D eigenvalue weighted by atomic mass is 16.5. The number of anilines is 2.